The van der Waals surface area contributed by atoms with Crippen LogP contribution in [0.1, 0.15) is 37.3 Å². The zero-order valence-corrected chi connectivity index (χ0v) is 14.7. The van der Waals surface area contributed by atoms with Crippen molar-refractivity contribution in [2.75, 3.05) is 13.6 Å². The highest BCUT2D eigenvalue weighted by molar-refractivity contribution is 5.74. The molecule has 4 aliphatic carbocycles. The van der Waals surface area contributed by atoms with E-state index in [9.17, 15) is 4.79 Å². The summed E-state index contributed by atoms with van der Waals surface area (Å²) in [6, 6.07) is 4.73. The Morgan fingerprint density at radius 2 is 2.32 bits per heavy atom. The van der Waals surface area contributed by atoms with Crippen LogP contribution < -0.4 is 9.47 Å². The molecule has 0 aromatic heterocycles. The van der Waals surface area contributed by atoms with Gasteiger partial charge in [0.15, 0.2) is 11.5 Å². The maximum Gasteiger partial charge on any atom is 0.311 e. The van der Waals surface area contributed by atoms with Crippen molar-refractivity contribution in [1.29, 1.82) is 0 Å². The number of nitrogens with zero attached hydrogens (tertiary/aromatic N) is 1. The molecule has 0 radical (unpaired) electrons. The number of rotatable bonds is 2. The molecule has 1 saturated carbocycles. The molecule has 2 spiro atoms. The van der Waals surface area contributed by atoms with Gasteiger partial charge >= 0.3 is 5.97 Å². The molecule has 5 atom stereocenters. The van der Waals surface area contributed by atoms with Crippen LogP contribution in [0.15, 0.2) is 24.3 Å². The Kier molecular flexibility index (Phi) is 2.47. The van der Waals surface area contributed by atoms with Gasteiger partial charge in [-0.15, -0.1) is 0 Å². The number of ether oxygens (including phenoxy) is 2. The van der Waals surface area contributed by atoms with Crippen molar-refractivity contribution in [3.8, 4) is 11.5 Å². The number of fused-ring (bicyclic) bond motifs is 1. The van der Waals surface area contributed by atoms with Gasteiger partial charge in [-0.1, -0.05) is 25.1 Å². The van der Waals surface area contributed by atoms with Crippen molar-refractivity contribution in [3.63, 3.8) is 0 Å². The predicted molar refractivity (Wildman–Crippen MR) is 92.9 cm³/mol. The largest absolute Gasteiger partial charge is 0.485 e. The second kappa shape index (κ2) is 4.29. The van der Waals surface area contributed by atoms with Gasteiger partial charge in [0, 0.05) is 41.8 Å². The van der Waals surface area contributed by atoms with Crippen LogP contribution >= 0.6 is 0 Å². The Hall–Kier alpha value is -1.81. The van der Waals surface area contributed by atoms with Gasteiger partial charge < -0.3 is 14.4 Å². The first-order chi connectivity index (χ1) is 12.1. The van der Waals surface area contributed by atoms with E-state index in [1.165, 1.54) is 17.5 Å². The number of hydrogen-bond acceptors (Lipinski definition) is 4. The van der Waals surface area contributed by atoms with Crippen LogP contribution in [0.25, 0.3) is 0 Å². The van der Waals surface area contributed by atoms with Crippen LogP contribution in [-0.4, -0.2) is 36.6 Å². The summed E-state index contributed by atoms with van der Waals surface area (Å²) < 4.78 is 12.1. The molecule has 4 heteroatoms. The van der Waals surface area contributed by atoms with Crippen LogP contribution in [-0.2, 0) is 16.6 Å². The second-order valence-corrected chi connectivity index (χ2v) is 8.61. The maximum atomic E-state index is 11.9. The summed E-state index contributed by atoms with van der Waals surface area (Å²) in [5.74, 6) is 1.93. The zero-order chi connectivity index (χ0) is 17.0. The SMILES string of the molecule is CCC(=O)Oc1ccc2c3c1O[C@H]1CC=CC45CN(C)C(C2)C4C31C5. The number of carbonyl (C=O) groups is 1. The highest BCUT2D eigenvalue weighted by atomic mass is 16.6. The van der Waals surface area contributed by atoms with E-state index in [1.54, 1.807) is 0 Å². The highest BCUT2D eigenvalue weighted by Crippen LogP contribution is 2.75. The Bertz CT molecular complexity index is 846. The van der Waals surface area contributed by atoms with Gasteiger partial charge in [-0.05, 0) is 37.4 Å². The fourth-order valence-electron chi connectivity index (χ4n) is 6.91. The number of hydrogen-bond donors (Lipinski definition) is 0. The van der Waals surface area contributed by atoms with Crippen molar-refractivity contribution >= 4 is 5.97 Å². The van der Waals surface area contributed by atoms with E-state index in [0.717, 1.165) is 25.1 Å². The second-order valence-electron chi connectivity index (χ2n) is 8.61. The molecule has 2 heterocycles. The third kappa shape index (κ3) is 1.44. The molecule has 4 unspecified atom stereocenters. The zero-order valence-electron chi connectivity index (χ0n) is 14.7. The molecule has 1 aromatic carbocycles. The van der Waals surface area contributed by atoms with Crippen molar-refractivity contribution in [3.05, 3.63) is 35.4 Å². The van der Waals surface area contributed by atoms with Crippen LogP contribution in [0.3, 0.4) is 0 Å². The van der Waals surface area contributed by atoms with Gasteiger partial charge in [-0.3, -0.25) is 4.79 Å². The third-order valence-electron chi connectivity index (χ3n) is 7.54. The van der Waals surface area contributed by atoms with Crippen LogP contribution in [0.2, 0.25) is 0 Å². The molecule has 130 valence electrons. The maximum absolute atomic E-state index is 11.9. The Balaban J connectivity index is 1.56. The van der Waals surface area contributed by atoms with Crippen molar-refractivity contribution in [1.82, 2.24) is 4.90 Å². The molecule has 6 aliphatic rings. The Labute approximate surface area is 147 Å². The van der Waals surface area contributed by atoms with E-state index < -0.39 is 0 Å². The number of carbonyl (C=O) groups excluding carboxylic acids is 1. The third-order valence-corrected chi connectivity index (χ3v) is 7.54. The summed E-state index contributed by atoms with van der Waals surface area (Å²) in [7, 11) is 2.28. The lowest BCUT2D eigenvalue weighted by atomic mass is 9.40. The smallest absolute Gasteiger partial charge is 0.311 e. The average Bonchev–Trinajstić information content (AvgIpc) is 2.92. The summed E-state index contributed by atoms with van der Waals surface area (Å²) in [5, 5.41) is 0. The molecule has 0 N–H and O–H groups in total. The fourth-order valence-corrected chi connectivity index (χ4v) is 6.91. The van der Waals surface area contributed by atoms with E-state index in [2.05, 4.69) is 30.2 Å². The summed E-state index contributed by atoms with van der Waals surface area (Å²) in [5.41, 5.74) is 3.22. The standard InChI is InChI=1S/C21H23NO3/c1-3-16(23)24-14-7-6-12-9-13-19-20(11-22(13)2)8-4-5-15-21(19,10-20)17(12)18(14)25-15/h4,6-8,13,15,19H,3,5,9-11H2,1-2H3/t13?,15-,19?,20?,21?/m0/s1. The number of esters is 1. The van der Waals surface area contributed by atoms with Gasteiger partial charge in [0.1, 0.15) is 6.10 Å². The van der Waals surface area contributed by atoms with Gasteiger partial charge in [-0.25, -0.2) is 0 Å². The van der Waals surface area contributed by atoms with Crippen molar-refractivity contribution in [2.24, 2.45) is 11.3 Å². The minimum Gasteiger partial charge on any atom is -0.485 e. The van der Waals surface area contributed by atoms with Gasteiger partial charge in [0.25, 0.3) is 0 Å². The van der Waals surface area contributed by atoms with Gasteiger partial charge in [-0.2, -0.15) is 0 Å². The first kappa shape index (κ1) is 14.4. The lowest BCUT2D eigenvalue weighted by Crippen LogP contribution is -2.65. The molecule has 25 heavy (non-hydrogen) atoms. The summed E-state index contributed by atoms with van der Waals surface area (Å²) in [6.45, 7) is 2.99. The molecule has 2 aliphatic heterocycles. The molecule has 2 bridgehead atoms. The lowest BCUT2D eigenvalue weighted by Gasteiger charge is -2.61. The molecular formula is C21H23NO3. The predicted octanol–water partition coefficient (Wildman–Crippen LogP) is 2.84. The number of likely N-dealkylation sites (N-methyl/N-ethyl adjacent to an activating group) is 1. The minimum atomic E-state index is -0.193. The highest BCUT2D eigenvalue weighted by Gasteiger charge is 2.76. The van der Waals surface area contributed by atoms with E-state index >= 15 is 0 Å². The monoisotopic (exact) mass is 337 g/mol. The molecule has 0 amide bonds. The molecular weight excluding hydrogens is 314 g/mol. The summed E-state index contributed by atoms with van der Waals surface area (Å²) in [6.07, 6.45) is 8.63. The molecule has 2 fully saturated rings. The average molecular weight is 337 g/mol. The van der Waals surface area contributed by atoms with E-state index in [-0.39, 0.29) is 17.5 Å². The van der Waals surface area contributed by atoms with Crippen molar-refractivity contribution in [2.45, 2.75) is 50.2 Å². The van der Waals surface area contributed by atoms with E-state index in [1.807, 2.05) is 13.0 Å². The Morgan fingerprint density at radius 1 is 1.44 bits per heavy atom. The van der Waals surface area contributed by atoms with Gasteiger partial charge in [0.2, 0.25) is 0 Å². The fraction of sp³-hybridized carbons (Fsp3) is 0.571. The lowest BCUT2D eigenvalue weighted by molar-refractivity contribution is -0.134. The summed E-state index contributed by atoms with van der Waals surface area (Å²) >= 11 is 0. The van der Waals surface area contributed by atoms with E-state index in [4.69, 9.17) is 9.47 Å². The molecule has 1 aromatic rings. The Morgan fingerprint density at radius 3 is 3.16 bits per heavy atom. The topological polar surface area (TPSA) is 38.8 Å². The van der Waals surface area contributed by atoms with E-state index in [0.29, 0.717) is 29.5 Å². The van der Waals surface area contributed by atoms with Crippen LogP contribution in [0, 0.1) is 11.3 Å². The van der Waals surface area contributed by atoms with Gasteiger partial charge in [0.05, 0.1) is 0 Å². The summed E-state index contributed by atoms with van der Waals surface area (Å²) in [4.78, 5) is 14.4. The van der Waals surface area contributed by atoms with Crippen LogP contribution in [0.4, 0.5) is 0 Å². The minimum absolute atomic E-state index is 0.122. The molecule has 4 nitrogen and oxygen atoms in total. The first-order valence-corrected chi connectivity index (χ1v) is 9.51. The normalized spacial score (nSPS) is 41.6. The molecule has 7 rings (SSSR count). The first-order valence-electron chi connectivity index (χ1n) is 9.51. The van der Waals surface area contributed by atoms with Crippen LogP contribution in [0.5, 0.6) is 11.5 Å². The quantitative estimate of drug-likeness (QED) is 0.473. The number of benzene rings is 1. The van der Waals surface area contributed by atoms with Crippen molar-refractivity contribution < 1.29 is 14.3 Å². The molecule has 1 saturated heterocycles. The number of likely N-dealkylation sites (tertiary alicyclic amines) is 1.